The number of carbonyl (C=O) groups excluding carboxylic acids is 1. The summed E-state index contributed by atoms with van der Waals surface area (Å²) in [6.45, 7) is 5.33. The summed E-state index contributed by atoms with van der Waals surface area (Å²) in [6.07, 6.45) is 0.781. The van der Waals surface area contributed by atoms with Gasteiger partial charge in [-0.3, -0.25) is 9.69 Å². The third-order valence-electron chi connectivity index (χ3n) is 6.00. The van der Waals surface area contributed by atoms with E-state index >= 15 is 0 Å². The van der Waals surface area contributed by atoms with Gasteiger partial charge in [0.05, 0.1) is 16.5 Å². The Morgan fingerprint density at radius 3 is 2.64 bits per heavy atom. The Labute approximate surface area is 222 Å². The maximum atomic E-state index is 14.2. The van der Waals surface area contributed by atoms with Gasteiger partial charge in [-0.15, -0.1) is 0 Å². The van der Waals surface area contributed by atoms with Crippen LogP contribution in [-0.2, 0) is 17.5 Å². The zero-order chi connectivity index (χ0) is 27.8. The van der Waals surface area contributed by atoms with Gasteiger partial charge in [-0.25, -0.2) is 14.4 Å². The van der Waals surface area contributed by atoms with Crippen molar-refractivity contribution in [2.75, 3.05) is 31.5 Å². The first kappa shape index (κ1) is 27.8. The van der Waals surface area contributed by atoms with Crippen LogP contribution in [0.1, 0.15) is 27.8 Å². The Bertz CT molecular complexity index is 1500. The lowest BCUT2D eigenvalue weighted by molar-refractivity contribution is -0.138. The number of nitrogens with one attached hydrogen (secondary N) is 3. The summed E-state index contributed by atoms with van der Waals surface area (Å²) in [5.74, 6) is 5.53. The number of aromatic nitrogens is 3. The third kappa shape index (κ3) is 7.40. The lowest BCUT2D eigenvalue weighted by Gasteiger charge is -2.28. The fourth-order valence-corrected chi connectivity index (χ4v) is 4.05. The Balaban J connectivity index is 0.000000183. The van der Waals surface area contributed by atoms with Gasteiger partial charge in [-0.05, 0) is 36.8 Å². The molecular formula is C28H26F4N6O. The Morgan fingerprint density at radius 1 is 1.10 bits per heavy atom. The largest absolute Gasteiger partial charge is 0.416 e. The van der Waals surface area contributed by atoms with Gasteiger partial charge in [0.2, 0.25) is 6.41 Å². The van der Waals surface area contributed by atoms with Gasteiger partial charge in [-0.1, -0.05) is 29.5 Å². The topological polar surface area (TPSA) is 85.9 Å². The van der Waals surface area contributed by atoms with Crippen LogP contribution in [-0.4, -0.2) is 52.4 Å². The molecular weight excluding hydrogens is 512 g/mol. The number of benzene rings is 1. The molecule has 0 spiro atoms. The minimum absolute atomic E-state index is 0.212. The van der Waals surface area contributed by atoms with Gasteiger partial charge in [0.15, 0.2) is 5.82 Å². The summed E-state index contributed by atoms with van der Waals surface area (Å²) < 4.78 is 53.0. The second kappa shape index (κ2) is 12.5. The molecule has 202 valence electrons. The van der Waals surface area contributed by atoms with Gasteiger partial charge < -0.3 is 15.6 Å². The number of amides is 1. The van der Waals surface area contributed by atoms with Crippen LogP contribution in [0.3, 0.4) is 0 Å². The maximum Gasteiger partial charge on any atom is 0.416 e. The molecule has 39 heavy (non-hydrogen) atoms. The molecule has 1 aliphatic rings. The summed E-state index contributed by atoms with van der Waals surface area (Å²) in [4.78, 5) is 23.3. The van der Waals surface area contributed by atoms with Crippen molar-refractivity contribution in [3.05, 3.63) is 88.6 Å². The molecule has 4 heterocycles. The normalized spacial score (nSPS) is 13.7. The fraction of sp³-hybridized carbons (Fsp3) is 0.250. The van der Waals surface area contributed by atoms with E-state index in [1.54, 1.807) is 43.5 Å². The third-order valence-corrected chi connectivity index (χ3v) is 6.00. The highest BCUT2D eigenvalue weighted by atomic mass is 19.4. The molecule has 3 aromatic heterocycles. The second-order valence-electron chi connectivity index (χ2n) is 8.85. The summed E-state index contributed by atoms with van der Waals surface area (Å²) in [7, 11) is 0. The Hall–Kier alpha value is -4.27. The first-order valence-electron chi connectivity index (χ1n) is 12.1. The van der Waals surface area contributed by atoms with E-state index < -0.39 is 17.6 Å². The van der Waals surface area contributed by atoms with Crippen LogP contribution in [0, 0.1) is 24.6 Å². The number of anilines is 1. The number of alkyl halides is 3. The fourth-order valence-electron chi connectivity index (χ4n) is 4.05. The summed E-state index contributed by atoms with van der Waals surface area (Å²) >= 11 is 0. The molecule has 3 N–H and O–H groups in total. The molecule has 7 nitrogen and oxygen atoms in total. The van der Waals surface area contributed by atoms with E-state index in [1.807, 2.05) is 0 Å². The van der Waals surface area contributed by atoms with Crippen LogP contribution >= 0.6 is 0 Å². The lowest BCUT2D eigenvalue weighted by Crippen LogP contribution is -2.43. The predicted octanol–water partition coefficient (Wildman–Crippen LogP) is 4.48. The van der Waals surface area contributed by atoms with Crippen molar-refractivity contribution >= 4 is 23.3 Å². The van der Waals surface area contributed by atoms with Crippen molar-refractivity contribution in [1.82, 2.24) is 25.2 Å². The average molecular weight is 539 g/mol. The number of nitrogens with zero attached hydrogens (tertiary/aromatic N) is 3. The highest BCUT2D eigenvalue weighted by Crippen LogP contribution is 2.33. The standard InChI is InChI=1S/C15H9FN4O.C13H17F3N2/c16-14-11(8-19-15-12(14)4-6-18-15)2-1-10-3-5-17-13(7-10)20-9-21;1-10-2-3-11(12(8-10)13(14,15)16)9-18-6-4-17-5-7-18/h3-9H,(H,18,19)(H,17,20,21);2-3,8,17H,4-7,9H2,1H3. The minimum atomic E-state index is -4.27. The van der Waals surface area contributed by atoms with E-state index in [9.17, 15) is 22.4 Å². The summed E-state index contributed by atoms with van der Waals surface area (Å²) in [6, 6.07) is 9.45. The monoisotopic (exact) mass is 538 g/mol. The molecule has 0 bridgehead atoms. The number of rotatable bonds is 4. The number of aryl methyl sites for hydroxylation is 1. The lowest BCUT2D eigenvalue weighted by atomic mass is 10.0. The SMILES string of the molecule is Cc1ccc(CN2CCNCC2)c(C(F)(F)F)c1.O=CNc1cc(C#Cc2cnc3[nH]ccc3c2F)ccn1. The minimum Gasteiger partial charge on any atom is -0.346 e. The van der Waals surface area contributed by atoms with Crippen LogP contribution < -0.4 is 10.6 Å². The quantitative estimate of drug-likeness (QED) is 0.203. The molecule has 1 saturated heterocycles. The molecule has 4 aromatic rings. The number of piperazine rings is 1. The Kier molecular flexibility index (Phi) is 8.91. The van der Waals surface area contributed by atoms with Crippen LogP contribution in [0.4, 0.5) is 23.4 Å². The van der Waals surface area contributed by atoms with Crippen LogP contribution in [0.5, 0.6) is 0 Å². The molecule has 0 saturated carbocycles. The van der Waals surface area contributed by atoms with Crippen molar-refractivity contribution in [2.24, 2.45) is 0 Å². The smallest absolute Gasteiger partial charge is 0.346 e. The number of carbonyl (C=O) groups is 1. The van der Waals surface area contributed by atoms with Gasteiger partial charge in [0.25, 0.3) is 0 Å². The number of hydrogen-bond acceptors (Lipinski definition) is 5. The first-order valence-corrected chi connectivity index (χ1v) is 12.1. The van der Waals surface area contributed by atoms with Gasteiger partial charge in [-0.2, -0.15) is 13.2 Å². The van der Waals surface area contributed by atoms with Gasteiger partial charge in [0.1, 0.15) is 11.5 Å². The molecule has 1 aliphatic heterocycles. The molecule has 1 fully saturated rings. The highest BCUT2D eigenvalue weighted by Gasteiger charge is 2.33. The summed E-state index contributed by atoms with van der Waals surface area (Å²) in [5, 5.41) is 6.02. The number of halogens is 4. The number of fused-ring (bicyclic) bond motifs is 1. The second-order valence-corrected chi connectivity index (χ2v) is 8.85. The first-order chi connectivity index (χ1) is 18.7. The number of H-pyrrole nitrogens is 1. The van der Waals surface area contributed by atoms with E-state index in [-0.39, 0.29) is 5.56 Å². The van der Waals surface area contributed by atoms with E-state index in [2.05, 4.69) is 42.3 Å². The molecule has 1 amide bonds. The zero-order valence-electron chi connectivity index (χ0n) is 21.1. The van der Waals surface area contributed by atoms with Crippen molar-refractivity contribution in [3.8, 4) is 11.8 Å². The molecule has 0 radical (unpaired) electrons. The molecule has 0 atom stereocenters. The number of aromatic amines is 1. The predicted molar refractivity (Wildman–Crippen MR) is 140 cm³/mol. The van der Waals surface area contributed by atoms with Crippen LogP contribution in [0.2, 0.25) is 0 Å². The average Bonchev–Trinajstić information content (AvgIpc) is 3.40. The van der Waals surface area contributed by atoms with Crippen molar-refractivity contribution < 1.29 is 22.4 Å². The van der Waals surface area contributed by atoms with E-state index in [0.29, 0.717) is 46.5 Å². The molecule has 11 heteroatoms. The van der Waals surface area contributed by atoms with Gasteiger partial charge in [0, 0.05) is 56.9 Å². The number of hydrogen-bond donors (Lipinski definition) is 3. The number of pyridine rings is 2. The van der Waals surface area contributed by atoms with E-state index in [1.165, 1.54) is 18.5 Å². The van der Waals surface area contributed by atoms with E-state index in [0.717, 1.165) is 26.2 Å². The highest BCUT2D eigenvalue weighted by molar-refractivity contribution is 5.77. The molecule has 5 rings (SSSR count). The van der Waals surface area contributed by atoms with Crippen molar-refractivity contribution in [3.63, 3.8) is 0 Å². The van der Waals surface area contributed by atoms with Crippen molar-refractivity contribution in [1.29, 1.82) is 0 Å². The molecule has 1 aromatic carbocycles. The van der Waals surface area contributed by atoms with Crippen LogP contribution in [0.15, 0.2) is 55.0 Å². The summed E-state index contributed by atoms with van der Waals surface area (Å²) in [5.41, 5.74) is 1.83. The maximum absolute atomic E-state index is 14.2. The van der Waals surface area contributed by atoms with Crippen molar-refractivity contribution in [2.45, 2.75) is 19.6 Å². The van der Waals surface area contributed by atoms with E-state index in [4.69, 9.17) is 0 Å². The Morgan fingerprint density at radius 2 is 1.90 bits per heavy atom. The zero-order valence-corrected chi connectivity index (χ0v) is 21.1. The molecule has 0 aliphatic carbocycles. The van der Waals surface area contributed by atoms with Gasteiger partial charge >= 0.3 is 6.18 Å². The molecule has 0 unspecified atom stereocenters. The van der Waals surface area contributed by atoms with Crippen LogP contribution in [0.25, 0.3) is 11.0 Å².